The molecule has 0 aliphatic rings. The van der Waals surface area contributed by atoms with Gasteiger partial charge in [-0.2, -0.15) is 0 Å². The summed E-state index contributed by atoms with van der Waals surface area (Å²) in [6.45, 7) is 7.21. The summed E-state index contributed by atoms with van der Waals surface area (Å²) in [5, 5.41) is 8.75. The summed E-state index contributed by atoms with van der Waals surface area (Å²) >= 11 is 0. The van der Waals surface area contributed by atoms with Crippen LogP contribution in [0.1, 0.15) is 39.2 Å². The van der Waals surface area contributed by atoms with Gasteiger partial charge in [0.2, 0.25) is 0 Å². The number of hydrogen-bond donors (Lipinski definition) is 2. The average molecular weight is 251 g/mol. The van der Waals surface area contributed by atoms with E-state index >= 15 is 0 Å². The number of rotatable bonds is 7. The zero-order valence-corrected chi connectivity index (χ0v) is 11.6. The quantitative estimate of drug-likeness (QED) is 0.782. The lowest BCUT2D eigenvalue weighted by molar-refractivity contribution is 0.233. The molecule has 0 aliphatic heterocycles. The molecule has 1 aromatic rings. The molecule has 1 unspecified atom stereocenters. The van der Waals surface area contributed by atoms with Crippen LogP contribution in [-0.4, -0.2) is 24.4 Å². The van der Waals surface area contributed by atoms with Crippen molar-refractivity contribution in [1.82, 2.24) is 0 Å². The summed E-state index contributed by atoms with van der Waals surface area (Å²) in [7, 11) is 0. The fourth-order valence-electron chi connectivity index (χ4n) is 1.66. The third-order valence-electron chi connectivity index (χ3n) is 3.48. The fraction of sp³-hybridized carbons (Fsp3) is 0.600. The summed E-state index contributed by atoms with van der Waals surface area (Å²) < 4.78 is 5.59. The van der Waals surface area contributed by atoms with E-state index < -0.39 is 0 Å². The molecule has 0 aromatic heterocycles. The van der Waals surface area contributed by atoms with Crippen LogP contribution in [0, 0.1) is 0 Å². The molecule has 1 rings (SSSR count). The molecule has 0 saturated heterocycles. The lowest BCUT2D eigenvalue weighted by Crippen LogP contribution is -2.28. The number of hydrogen-bond acceptors (Lipinski definition) is 3. The van der Waals surface area contributed by atoms with Gasteiger partial charge in [0.05, 0.1) is 0 Å². The van der Waals surface area contributed by atoms with Gasteiger partial charge >= 0.3 is 0 Å². The molecule has 3 N–H and O–H groups in total. The van der Waals surface area contributed by atoms with Crippen LogP contribution >= 0.6 is 0 Å². The Balaban J connectivity index is 2.56. The molecule has 0 bridgehead atoms. The molecule has 1 aromatic carbocycles. The van der Waals surface area contributed by atoms with E-state index in [4.69, 9.17) is 15.6 Å². The van der Waals surface area contributed by atoms with E-state index in [1.807, 2.05) is 12.1 Å². The van der Waals surface area contributed by atoms with Gasteiger partial charge in [0.1, 0.15) is 12.4 Å². The van der Waals surface area contributed by atoms with Gasteiger partial charge in [-0.25, -0.2) is 0 Å². The molecule has 0 aliphatic carbocycles. The van der Waals surface area contributed by atoms with Crippen LogP contribution in [0.3, 0.4) is 0 Å². The number of aliphatic hydroxyl groups excluding tert-OH is 1. The van der Waals surface area contributed by atoms with Crippen LogP contribution in [0.5, 0.6) is 5.75 Å². The van der Waals surface area contributed by atoms with Crippen molar-refractivity contribution in [2.45, 2.75) is 45.1 Å². The monoisotopic (exact) mass is 251 g/mol. The normalized spacial score (nSPS) is 13.4. The van der Waals surface area contributed by atoms with Gasteiger partial charge in [0, 0.05) is 12.6 Å². The molecule has 0 saturated carbocycles. The van der Waals surface area contributed by atoms with Crippen LogP contribution in [0.4, 0.5) is 0 Å². The molecule has 3 heteroatoms. The number of ether oxygens (including phenoxy) is 1. The molecular formula is C15H25NO2. The molecule has 1 atom stereocenters. The highest BCUT2D eigenvalue weighted by molar-refractivity contribution is 5.31. The molecule has 0 heterocycles. The Morgan fingerprint density at radius 2 is 1.89 bits per heavy atom. The van der Waals surface area contributed by atoms with Crippen LogP contribution in [0.25, 0.3) is 0 Å². The smallest absolute Gasteiger partial charge is 0.119 e. The summed E-state index contributed by atoms with van der Waals surface area (Å²) in [6.07, 6.45) is 1.68. The molecular weight excluding hydrogens is 226 g/mol. The summed E-state index contributed by atoms with van der Waals surface area (Å²) in [6, 6.07) is 8.07. The minimum Gasteiger partial charge on any atom is -0.492 e. The summed E-state index contributed by atoms with van der Waals surface area (Å²) in [5.74, 6) is 0.832. The van der Waals surface area contributed by atoms with Gasteiger partial charge in [-0.3, -0.25) is 0 Å². The van der Waals surface area contributed by atoms with E-state index in [9.17, 15) is 0 Å². The van der Waals surface area contributed by atoms with Crippen LogP contribution in [0.15, 0.2) is 24.3 Å². The van der Waals surface area contributed by atoms with Crippen molar-refractivity contribution >= 4 is 0 Å². The third kappa shape index (κ3) is 4.31. The molecule has 3 nitrogen and oxygen atoms in total. The van der Waals surface area contributed by atoms with Crippen molar-refractivity contribution in [2.75, 3.05) is 13.2 Å². The first-order valence-electron chi connectivity index (χ1n) is 6.59. The van der Waals surface area contributed by atoms with Crippen molar-refractivity contribution < 1.29 is 9.84 Å². The van der Waals surface area contributed by atoms with Crippen molar-refractivity contribution in [2.24, 2.45) is 5.73 Å². The van der Waals surface area contributed by atoms with Crippen LogP contribution in [-0.2, 0) is 5.41 Å². The van der Waals surface area contributed by atoms with E-state index in [-0.39, 0.29) is 18.1 Å². The van der Waals surface area contributed by atoms with Crippen molar-refractivity contribution in [3.8, 4) is 5.75 Å². The second kappa shape index (κ2) is 6.76. The van der Waals surface area contributed by atoms with Crippen molar-refractivity contribution in [1.29, 1.82) is 0 Å². The minimum absolute atomic E-state index is 0.105. The Hall–Kier alpha value is -1.06. The second-order valence-electron chi connectivity index (χ2n) is 5.35. The lowest BCUT2D eigenvalue weighted by atomic mass is 9.82. The second-order valence-corrected chi connectivity index (χ2v) is 5.35. The van der Waals surface area contributed by atoms with Gasteiger partial charge in [0.15, 0.2) is 0 Å². The standard InChI is InChI=1S/C15H25NO2/c1-4-15(2,3)12-5-7-14(8-6-12)18-11-13(16)9-10-17/h5-8,13,17H,4,9-11,16H2,1-3H3. The van der Waals surface area contributed by atoms with Crippen LogP contribution in [0.2, 0.25) is 0 Å². The lowest BCUT2D eigenvalue weighted by Gasteiger charge is -2.23. The van der Waals surface area contributed by atoms with E-state index in [1.165, 1.54) is 5.56 Å². The van der Waals surface area contributed by atoms with Gasteiger partial charge in [-0.15, -0.1) is 0 Å². The highest BCUT2D eigenvalue weighted by Crippen LogP contribution is 2.27. The molecule has 102 valence electrons. The Kier molecular flexibility index (Phi) is 5.63. The largest absolute Gasteiger partial charge is 0.492 e. The maximum Gasteiger partial charge on any atom is 0.119 e. The number of nitrogens with two attached hydrogens (primary N) is 1. The predicted molar refractivity (Wildman–Crippen MR) is 74.9 cm³/mol. The van der Waals surface area contributed by atoms with Gasteiger partial charge in [-0.1, -0.05) is 32.9 Å². The van der Waals surface area contributed by atoms with E-state index in [1.54, 1.807) is 0 Å². The maximum atomic E-state index is 8.75. The van der Waals surface area contributed by atoms with Gasteiger partial charge in [-0.05, 0) is 36.0 Å². The van der Waals surface area contributed by atoms with Crippen molar-refractivity contribution in [3.63, 3.8) is 0 Å². The Morgan fingerprint density at radius 3 is 2.39 bits per heavy atom. The number of benzene rings is 1. The topological polar surface area (TPSA) is 55.5 Å². The first-order chi connectivity index (χ1) is 8.49. The Labute approximate surface area is 110 Å². The minimum atomic E-state index is -0.109. The van der Waals surface area contributed by atoms with Crippen molar-refractivity contribution in [3.05, 3.63) is 29.8 Å². The molecule has 0 fully saturated rings. The first kappa shape index (κ1) is 15.0. The van der Waals surface area contributed by atoms with Gasteiger partial charge in [0.25, 0.3) is 0 Å². The Bertz CT molecular complexity index is 346. The zero-order valence-electron chi connectivity index (χ0n) is 11.6. The summed E-state index contributed by atoms with van der Waals surface area (Å²) in [4.78, 5) is 0. The zero-order chi connectivity index (χ0) is 13.6. The average Bonchev–Trinajstić information content (AvgIpc) is 2.37. The fourth-order valence-corrected chi connectivity index (χ4v) is 1.66. The van der Waals surface area contributed by atoms with Crippen LogP contribution < -0.4 is 10.5 Å². The van der Waals surface area contributed by atoms with E-state index in [0.717, 1.165) is 12.2 Å². The highest BCUT2D eigenvalue weighted by atomic mass is 16.5. The third-order valence-corrected chi connectivity index (χ3v) is 3.48. The molecule has 0 radical (unpaired) electrons. The highest BCUT2D eigenvalue weighted by Gasteiger charge is 2.17. The summed E-state index contributed by atoms with van der Waals surface area (Å²) in [5.41, 5.74) is 7.28. The predicted octanol–water partition coefficient (Wildman–Crippen LogP) is 2.46. The van der Waals surface area contributed by atoms with E-state index in [2.05, 4.69) is 32.9 Å². The first-order valence-corrected chi connectivity index (χ1v) is 6.59. The number of aliphatic hydroxyl groups is 1. The molecule has 18 heavy (non-hydrogen) atoms. The van der Waals surface area contributed by atoms with E-state index in [0.29, 0.717) is 13.0 Å². The Morgan fingerprint density at radius 1 is 1.28 bits per heavy atom. The molecule has 0 spiro atoms. The molecule has 0 amide bonds. The van der Waals surface area contributed by atoms with Gasteiger partial charge < -0.3 is 15.6 Å². The SMILES string of the molecule is CCC(C)(C)c1ccc(OCC(N)CCO)cc1. The maximum absolute atomic E-state index is 8.75.